The van der Waals surface area contributed by atoms with Crippen molar-refractivity contribution < 1.29 is 23.5 Å². The quantitative estimate of drug-likeness (QED) is 0.516. The number of aromatic nitrogens is 3. The number of alkyl halides is 1. The van der Waals surface area contributed by atoms with Crippen molar-refractivity contribution in [1.82, 2.24) is 19.4 Å². The molecular formula is C26H28FN5O4. The molecule has 1 saturated heterocycles. The molecule has 2 aromatic heterocycles. The number of carbonyl (C=O) groups excluding carboxylic acids is 2. The Balaban J connectivity index is 1.19. The van der Waals surface area contributed by atoms with E-state index in [0.29, 0.717) is 23.9 Å². The fourth-order valence-corrected chi connectivity index (χ4v) is 4.16. The molecule has 2 atom stereocenters. The summed E-state index contributed by atoms with van der Waals surface area (Å²) in [5, 5.41) is 0. The van der Waals surface area contributed by atoms with Crippen molar-refractivity contribution in [3.05, 3.63) is 60.2 Å². The van der Waals surface area contributed by atoms with Crippen molar-refractivity contribution >= 4 is 11.8 Å². The van der Waals surface area contributed by atoms with Crippen LogP contribution in [0.15, 0.2) is 49.1 Å². The average molecular weight is 494 g/mol. The monoisotopic (exact) mass is 493 g/mol. The molecule has 2 N–H and O–H groups in total. The van der Waals surface area contributed by atoms with E-state index in [4.69, 9.17) is 15.2 Å². The molecule has 3 heterocycles. The molecule has 188 valence electrons. The van der Waals surface area contributed by atoms with E-state index in [1.807, 2.05) is 31.3 Å². The molecule has 2 aliphatic rings. The fourth-order valence-electron chi connectivity index (χ4n) is 4.16. The highest BCUT2D eigenvalue weighted by molar-refractivity contribution is 5.96. The standard InChI is InChI=1S/C26H28FN5O4/c1-31-14-22(30-15-31)17-11-20(25(28)34)26(29-12-17)36-23-8-9-32(13-21(23)27)24(33)10-16-2-4-18(5-3-16)35-19-6-7-19/h2-5,11-12,14-15,19,21,23H,6-10,13H2,1H3,(H2,28,34)/t21-,23-/m1/s1. The first-order valence-corrected chi connectivity index (χ1v) is 12.0. The lowest BCUT2D eigenvalue weighted by molar-refractivity contribution is -0.134. The first kappa shape index (κ1) is 23.8. The fraction of sp³-hybridized carbons (Fsp3) is 0.385. The predicted octanol–water partition coefficient (Wildman–Crippen LogP) is 2.68. The van der Waals surface area contributed by atoms with E-state index >= 15 is 4.39 Å². The first-order chi connectivity index (χ1) is 17.4. The number of halogens is 1. The van der Waals surface area contributed by atoms with Gasteiger partial charge in [-0.2, -0.15) is 0 Å². The molecule has 1 aliphatic carbocycles. The second-order valence-electron chi connectivity index (χ2n) is 9.30. The number of nitrogens with two attached hydrogens (primary N) is 1. The summed E-state index contributed by atoms with van der Waals surface area (Å²) in [6.07, 6.45) is 5.57. The first-order valence-electron chi connectivity index (χ1n) is 12.0. The summed E-state index contributed by atoms with van der Waals surface area (Å²) < 4.78 is 28.3. The molecule has 1 aliphatic heterocycles. The number of pyridine rings is 1. The second kappa shape index (κ2) is 9.96. The van der Waals surface area contributed by atoms with Crippen molar-refractivity contribution in [3.8, 4) is 22.9 Å². The number of hydrogen-bond donors (Lipinski definition) is 1. The van der Waals surface area contributed by atoms with Gasteiger partial charge in [-0.25, -0.2) is 14.4 Å². The highest BCUT2D eigenvalue weighted by atomic mass is 19.1. The molecule has 2 fully saturated rings. The lowest BCUT2D eigenvalue weighted by Gasteiger charge is -2.34. The third kappa shape index (κ3) is 5.48. The number of carbonyl (C=O) groups is 2. The third-order valence-corrected chi connectivity index (χ3v) is 6.32. The Morgan fingerprint density at radius 2 is 1.92 bits per heavy atom. The van der Waals surface area contributed by atoms with Crippen molar-refractivity contribution in [3.63, 3.8) is 0 Å². The third-order valence-electron chi connectivity index (χ3n) is 6.32. The van der Waals surface area contributed by atoms with Gasteiger partial charge in [-0.1, -0.05) is 12.1 Å². The van der Waals surface area contributed by atoms with E-state index < -0.39 is 18.2 Å². The van der Waals surface area contributed by atoms with E-state index in [2.05, 4.69) is 9.97 Å². The van der Waals surface area contributed by atoms with Crippen molar-refractivity contribution in [1.29, 1.82) is 0 Å². The van der Waals surface area contributed by atoms with E-state index in [1.54, 1.807) is 23.2 Å². The molecule has 3 aromatic rings. The Kier molecular flexibility index (Phi) is 6.58. The highest BCUT2D eigenvalue weighted by Crippen LogP contribution is 2.28. The maximum Gasteiger partial charge on any atom is 0.254 e. The SMILES string of the molecule is Cn1cnc(-c2cnc(O[C@@H]3CCN(C(=O)Cc4ccc(OC5CC5)cc4)C[C@H]3F)c(C(N)=O)c2)c1. The zero-order valence-corrected chi connectivity index (χ0v) is 20.0. The minimum Gasteiger partial charge on any atom is -0.490 e. The average Bonchev–Trinajstić information content (AvgIpc) is 3.58. The maximum absolute atomic E-state index is 15.1. The Morgan fingerprint density at radius 3 is 2.56 bits per heavy atom. The summed E-state index contributed by atoms with van der Waals surface area (Å²) in [5.41, 5.74) is 7.66. The number of aryl methyl sites for hydroxylation is 1. The van der Waals surface area contributed by atoms with Gasteiger partial charge < -0.3 is 24.7 Å². The Labute approximate surface area is 208 Å². The van der Waals surface area contributed by atoms with Gasteiger partial charge >= 0.3 is 0 Å². The van der Waals surface area contributed by atoms with Crippen molar-refractivity contribution in [2.24, 2.45) is 12.8 Å². The highest BCUT2D eigenvalue weighted by Gasteiger charge is 2.34. The van der Waals surface area contributed by atoms with Crippen molar-refractivity contribution in [2.45, 2.75) is 44.1 Å². The lowest BCUT2D eigenvalue weighted by Crippen LogP contribution is -2.49. The molecule has 0 bridgehead atoms. The van der Waals surface area contributed by atoms with Crippen molar-refractivity contribution in [2.75, 3.05) is 13.1 Å². The summed E-state index contributed by atoms with van der Waals surface area (Å²) in [5.74, 6) is -0.106. The van der Waals surface area contributed by atoms with Crippen LogP contribution in [0.2, 0.25) is 0 Å². The van der Waals surface area contributed by atoms with E-state index in [-0.39, 0.29) is 36.7 Å². The summed E-state index contributed by atoms with van der Waals surface area (Å²) in [4.78, 5) is 34.8. The topological polar surface area (TPSA) is 113 Å². The number of likely N-dealkylation sites (tertiary alicyclic amines) is 1. The van der Waals surface area contributed by atoms with Crippen LogP contribution in [0.4, 0.5) is 4.39 Å². The van der Waals surface area contributed by atoms with Crippen LogP contribution in [0.5, 0.6) is 11.6 Å². The van der Waals surface area contributed by atoms with Gasteiger partial charge in [0.1, 0.15) is 17.4 Å². The molecule has 5 rings (SSSR count). The number of ether oxygens (including phenoxy) is 2. The summed E-state index contributed by atoms with van der Waals surface area (Å²) in [6, 6.07) is 9.00. The van der Waals surface area contributed by atoms with Crippen LogP contribution in [0.1, 0.15) is 35.2 Å². The molecule has 9 nitrogen and oxygen atoms in total. The molecule has 1 aromatic carbocycles. The van der Waals surface area contributed by atoms with Gasteiger partial charge in [-0.05, 0) is 36.6 Å². The Bertz CT molecular complexity index is 1260. The zero-order chi connectivity index (χ0) is 25.2. The predicted molar refractivity (Wildman–Crippen MR) is 129 cm³/mol. The number of benzene rings is 1. The normalized spacial score (nSPS) is 19.7. The van der Waals surface area contributed by atoms with E-state index in [0.717, 1.165) is 24.2 Å². The number of imidazole rings is 1. The van der Waals surface area contributed by atoms with Gasteiger partial charge in [0.15, 0.2) is 6.17 Å². The minimum absolute atomic E-state index is 0.0249. The smallest absolute Gasteiger partial charge is 0.254 e. The number of hydrogen-bond acceptors (Lipinski definition) is 6. The minimum atomic E-state index is -1.44. The molecule has 1 saturated carbocycles. The largest absolute Gasteiger partial charge is 0.490 e. The van der Waals surface area contributed by atoms with Crippen LogP contribution in [-0.4, -0.2) is 62.7 Å². The number of nitrogens with zero attached hydrogens (tertiary/aromatic N) is 4. The molecule has 0 unspecified atom stereocenters. The van der Waals surface area contributed by atoms with E-state index in [9.17, 15) is 9.59 Å². The second-order valence-corrected chi connectivity index (χ2v) is 9.30. The van der Waals surface area contributed by atoms with Crippen LogP contribution in [-0.2, 0) is 18.3 Å². The van der Waals surface area contributed by atoms with Gasteiger partial charge in [0.2, 0.25) is 11.8 Å². The van der Waals surface area contributed by atoms with Gasteiger partial charge in [0.05, 0.1) is 31.1 Å². The van der Waals surface area contributed by atoms with Gasteiger partial charge in [0.25, 0.3) is 5.91 Å². The van der Waals surface area contributed by atoms with Crippen LogP contribution in [0.25, 0.3) is 11.3 Å². The molecule has 0 radical (unpaired) electrons. The van der Waals surface area contributed by atoms with E-state index in [1.165, 1.54) is 11.1 Å². The number of piperidine rings is 1. The lowest BCUT2D eigenvalue weighted by atomic mass is 10.0. The molecule has 10 heteroatoms. The van der Waals surface area contributed by atoms with Gasteiger partial charge in [-0.15, -0.1) is 0 Å². The number of rotatable bonds is 8. The molecule has 0 spiro atoms. The van der Waals surface area contributed by atoms with Crippen LogP contribution < -0.4 is 15.2 Å². The number of amides is 2. The van der Waals surface area contributed by atoms with Crippen LogP contribution in [0.3, 0.4) is 0 Å². The summed E-state index contributed by atoms with van der Waals surface area (Å²) >= 11 is 0. The molecule has 36 heavy (non-hydrogen) atoms. The molecule has 2 amide bonds. The maximum atomic E-state index is 15.1. The van der Waals surface area contributed by atoms with Crippen LogP contribution >= 0.6 is 0 Å². The summed E-state index contributed by atoms with van der Waals surface area (Å²) in [6.45, 7) is 0.245. The zero-order valence-electron chi connectivity index (χ0n) is 20.0. The Hall–Kier alpha value is -3.95. The van der Waals surface area contributed by atoms with Gasteiger partial charge in [-0.3, -0.25) is 9.59 Å². The molecular weight excluding hydrogens is 465 g/mol. The summed E-state index contributed by atoms with van der Waals surface area (Å²) in [7, 11) is 1.83. The number of primary amides is 1. The van der Waals surface area contributed by atoms with Crippen LogP contribution in [0, 0.1) is 0 Å². The Morgan fingerprint density at radius 1 is 1.14 bits per heavy atom. The van der Waals surface area contributed by atoms with Gasteiger partial charge in [0, 0.05) is 38.0 Å².